The maximum absolute atomic E-state index is 12.5. The van der Waals surface area contributed by atoms with Crippen LogP contribution in [-0.2, 0) is 6.42 Å². The van der Waals surface area contributed by atoms with Crippen molar-refractivity contribution in [3.63, 3.8) is 0 Å². The fraction of sp³-hybridized carbons (Fsp3) is 0.286. The van der Waals surface area contributed by atoms with Gasteiger partial charge in [-0.15, -0.1) is 0 Å². The van der Waals surface area contributed by atoms with Crippen molar-refractivity contribution in [1.82, 2.24) is 9.97 Å². The molecule has 140 valence electrons. The molecule has 3 rings (SSSR count). The Balaban J connectivity index is 1.79. The van der Waals surface area contributed by atoms with Gasteiger partial charge in [-0.3, -0.25) is 4.79 Å². The number of pyridine rings is 2. The fourth-order valence-electron chi connectivity index (χ4n) is 2.67. The van der Waals surface area contributed by atoms with E-state index in [0.717, 1.165) is 16.5 Å². The molecule has 0 aliphatic heterocycles. The fourth-order valence-corrected chi connectivity index (χ4v) is 2.67. The summed E-state index contributed by atoms with van der Waals surface area (Å²) in [7, 11) is 1.43. The summed E-state index contributed by atoms with van der Waals surface area (Å²) in [5.41, 5.74) is 1.62. The van der Waals surface area contributed by atoms with Crippen LogP contribution in [0.5, 0.6) is 17.4 Å². The number of hydrogen-bond donors (Lipinski definition) is 1. The van der Waals surface area contributed by atoms with Crippen molar-refractivity contribution in [3.8, 4) is 17.4 Å². The number of benzene rings is 1. The lowest BCUT2D eigenvalue weighted by Gasteiger charge is -2.09. The number of fused-ring (bicyclic) bond motifs is 1. The number of aromatic hydroxyl groups is 1. The molecule has 0 radical (unpaired) electrons. The highest BCUT2D eigenvalue weighted by Crippen LogP contribution is 2.28. The minimum atomic E-state index is -0.282. The van der Waals surface area contributed by atoms with Crippen molar-refractivity contribution in [2.24, 2.45) is 5.92 Å². The molecule has 2 aromatic heterocycles. The standard InChI is InChI=1S/C21H22N2O4/c1-13(2)12-27-19-7-5-15-10-14(4-6-16(15)23-19)11-17(24)20-21(25)18(26-3)8-9-22-20/h4-10,13,25H,11-12H2,1-3H3. The lowest BCUT2D eigenvalue weighted by atomic mass is 10.0. The summed E-state index contributed by atoms with van der Waals surface area (Å²) in [6, 6.07) is 10.9. The van der Waals surface area contributed by atoms with Crippen molar-refractivity contribution >= 4 is 16.7 Å². The lowest BCUT2D eigenvalue weighted by molar-refractivity contribution is 0.0984. The van der Waals surface area contributed by atoms with E-state index in [1.165, 1.54) is 19.4 Å². The Labute approximate surface area is 157 Å². The number of ether oxygens (including phenoxy) is 2. The maximum Gasteiger partial charge on any atom is 0.213 e. The third-order valence-electron chi connectivity index (χ3n) is 4.03. The molecule has 0 aliphatic carbocycles. The van der Waals surface area contributed by atoms with Crippen LogP contribution in [0.4, 0.5) is 0 Å². The Hall–Kier alpha value is -3.15. The molecule has 0 spiro atoms. The molecule has 0 amide bonds. The molecule has 1 aromatic carbocycles. The van der Waals surface area contributed by atoms with Crippen molar-refractivity contribution in [1.29, 1.82) is 0 Å². The Morgan fingerprint density at radius 2 is 2.00 bits per heavy atom. The summed E-state index contributed by atoms with van der Waals surface area (Å²) in [6.07, 6.45) is 1.56. The number of ketones is 1. The van der Waals surface area contributed by atoms with E-state index in [0.29, 0.717) is 18.4 Å². The highest BCUT2D eigenvalue weighted by atomic mass is 16.5. The van der Waals surface area contributed by atoms with E-state index in [-0.39, 0.29) is 29.4 Å². The molecule has 6 heteroatoms. The van der Waals surface area contributed by atoms with Crippen LogP contribution in [0.1, 0.15) is 29.9 Å². The molecule has 0 fully saturated rings. The average Bonchev–Trinajstić information content (AvgIpc) is 2.66. The van der Waals surface area contributed by atoms with E-state index in [1.54, 1.807) is 0 Å². The zero-order chi connectivity index (χ0) is 19.4. The number of aromatic nitrogens is 2. The monoisotopic (exact) mass is 366 g/mol. The van der Waals surface area contributed by atoms with Gasteiger partial charge in [0.1, 0.15) is 0 Å². The number of Topliss-reactive ketones (excluding diaryl/α,β-unsaturated/α-hetero) is 1. The van der Waals surface area contributed by atoms with E-state index >= 15 is 0 Å². The molecule has 3 aromatic rings. The lowest BCUT2D eigenvalue weighted by Crippen LogP contribution is -2.07. The van der Waals surface area contributed by atoms with Gasteiger partial charge in [0, 0.05) is 30.1 Å². The Morgan fingerprint density at radius 1 is 1.19 bits per heavy atom. The predicted molar refractivity (Wildman–Crippen MR) is 103 cm³/mol. The normalized spacial score (nSPS) is 11.0. The second-order valence-corrected chi connectivity index (χ2v) is 6.69. The minimum Gasteiger partial charge on any atom is -0.503 e. The molecule has 2 heterocycles. The van der Waals surface area contributed by atoms with E-state index in [2.05, 4.69) is 23.8 Å². The molecule has 0 unspecified atom stereocenters. The number of hydrogen-bond acceptors (Lipinski definition) is 6. The second kappa shape index (κ2) is 8.03. The van der Waals surface area contributed by atoms with Gasteiger partial charge in [0.05, 0.1) is 19.2 Å². The first-order valence-electron chi connectivity index (χ1n) is 8.75. The number of rotatable bonds is 7. The van der Waals surface area contributed by atoms with Gasteiger partial charge >= 0.3 is 0 Å². The molecule has 0 bridgehead atoms. The van der Waals surface area contributed by atoms with Gasteiger partial charge in [-0.05, 0) is 29.7 Å². The molecule has 6 nitrogen and oxygen atoms in total. The first-order chi connectivity index (χ1) is 13.0. The molecule has 0 saturated heterocycles. The third kappa shape index (κ3) is 4.34. The zero-order valence-corrected chi connectivity index (χ0v) is 15.6. The molecular weight excluding hydrogens is 344 g/mol. The highest BCUT2D eigenvalue weighted by molar-refractivity contribution is 5.99. The average molecular weight is 366 g/mol. The number of carbonyl (C=O) groups excluding carboxylic acids is 1. The molecule has 0 aliphatic rings. The first kappa shape index (κ1) is 18.6. The second-order valence-electron chi connectivity index (χ2n) is 6.69. The summed E-state index contributed by atoms with van der Waals surface area (Å²) in [6.45, 7) is 4.78. The van der Waals surface area contributed by atoms with Crippen molar-refractivity contribution in [3.05, 3.63) is 53.9 Å². The Morgan fingerprint density at radius 3 is 2.74 bits per heavy atom. The number of nitrogens with zero attached hydrogens (tertiary/aromatic N) is 2. The largest absolute Gasteiger partial charge is 0.503 e. The van der Waals surface area contributed by atoms with Gasteiger partial charge in [0.2, 0.25) is 5.88 Å². The molecule has 0 saturated carbocycles. The van der Waals surface area contributed by atoms with Gasteiger partial charge in [0.25, 0.3) is 0 Å². The van der Waals surface area contributed by atoms with Gasteiger partial charge in [0.15, 0.2) is 23.0 Å². The molecular formula is C21H22N2O4. The van der Waals surface area contributed by atoms with Crippen molar-refractivity contribution < 1.29 is 19.4 Å². The number of carbonyl (C=O) groups is 1. The molecule has 0 atom stereocenters. The van der Waals surface area contributed by atoms with Crippen molar-refractivity contribution in [2.75, 3.05) is 13.7 Å². The van der Waals surface area contributed by atoms with Crippen LogP contribution in [0.3, 0.4) is 0 Å². The number of methoxy groups -OCH3 is 1. The summed E-state index contributed by atoms with van der Waals surface area (Å²) in [5, 5.41) is 11.0. The van der Waals surface area contributed by atoms with Crippen LogP contribution in [0.2, 0.25) is 0 Å². The minimum absolute atomic E-state index is 0.00463. The summed E-state index contributed by atoms with van der Waals surface area (Å²) >= 11 is 0. The van der Waals surface area contributed by atoms with Gasteiger partial charge < -0.3 is 14.6 Å². The van der Waals surface area contributed by atoms with Crippen LogP contribution in [-0.4, -0.2) is 34.6 Å². The predicted octanol–water partition coefficient (Wildman–Crippen LogP) is 3.80. The first-order valence-corrected chi connectivity index (χ1v) is 8.75. The summed E-state index contributed by atoms with van der Waals surface area (Å²) in [4.78, 5) is 21.0. The van der Waals surface area contributed by atoms with Gasteiger partial charge in [-0.2, -0.15) is 0 Å². The zero-order valence-electron chi connectivity index (χ0n) is 15.6. The Kier molecular flexibility index (Phi) is 5.54. The van der Waals surface area contributed by atoms with Crippen LogP contribution in [0.25, 0.3) is 10.9 Å². The van der Waals surface area contributed by atoms with Crippen LogP contribution < -0.4 is 9.47 Å². The smallest absolute Gasteiger partial charge is 0.213 e. The topological polar surface area (TPSA) is 81.5 Å². The SMILES string of the molecule is COc1ccnc(C(=O)Cc2ccc3nc(OCC(C)C)ccc3c2)c1O. The van der Waals surface area contributed by atoms with E-state index in [1.807, 2.05) is 30.3 Å². The highest BCUT2D eigenvalue weighted by Gasteiger charge is 2.17. The quantitative estimate of drug-likeness (QED) is 0.641. The van der Waals surface area contributed by atoms with Crippen molar-refractivity contribution in [2.45, 2.75) is 20.3 Å². The molecule has 27 heavy (non-hydrogen) atoms. The van der Waals surface area contributed by atoms with Crippen LogP contribution in [0, 0.1) is 5.92 Å². The maximum atomic E-state index is 12.5. The van der Waals surface area contributed by atoms with E-state index < -0.39 is 0 Å². The Bertz CT molecular complexity index is 970. The van der Waals surface area contributed by atoms with Gasteiger partial charge in [-0.25, -0.2) is 9.97 Å². The van der Waals surface area contributed by atoms with E-state index in [9.17, 15) is 9.90 Å². The van der Waals surface area contributed by atoms with Crippen LogP contribution in [0.15, 0.2) is 42.6 Å². The summed E-state index contributed by atoms with van der Waals surface area (Å²) < 4.78 is 10.7. The molecule has 1 N–H and O–H groups in total. The third-order valence-corrected chi connectivity index (χ3v) is 4.03. The summed E-state index contributed by atoms with van der Waals surface area (Å²) in [5.74, 6) is 0.725. The van der Waals surface area contributed by atoms with Gasteiger partial charge in [-0.1, -0.05) is 19.9 Å². The van der Waals surface area contributed by atoms with E-state index in [4.69, 9.17) is 9.47 Å². The van der Waals surface area contributed by atoms with Crippen LogP contribution >= 0.6 is 0 Å².